The normalized spacial score (nSPS) is 31.0. The second-order valence-corrected chi connectivity index (χ2v) is 6.35. The molecule has 2 atom stereocenters. The zero-order valence-corrected chi connectivity index (χ0v) is 11.8. The molecule has 2 rings (SSSR count). The minimum atomic E-state index is -0.775. The summed E-state index contributed by atoms with van der Waals surface area (Å²) in [7, 11) is 0. The van der Waals surface area contributed by atoms with E-state index in [0.717, 1.165) is 0 Å². The molecule has 1 aromatic rings. The van der Waals surface area contributed by atoms with Crippen molar-refractivity contribution >= 4 is 29.0 Å². The lowest BCUT2D eigenvalue weighted by atomic mass is 9.85. The Bertz CT molecular complexity index is 525. The van der Waals surface area contributed by atoms with Crippen LogP contribution in [0.3, 0.4) is 0 Å². The molecule has 0 bridgehead atoms. The third-order valence-electron chi connectivity index (χ3n) is 3.26. The monoisotopic (exact) mass is 280 g/mol. The Morgan fingerprint density at radius 3 is 2.22 bits per heavy atom. The van der Waals surface area contributed by atoms with Crippen LogP contribution in [-0.4, -0.2) is 15.5 Å². The molecule has 1 aliphatic carbocycles. The van der Waals surface area contributed by atoms with Gasteiger partial charge in [0.25, 0.3) is 0 Å². The smallest absolute Gasteiger partial charge is 0.192 e. The summed E-state index contributed by atoms with van der Waals surface area (Å²) in [6.07, 6.45) is 5.25. The largest absolute Gasteiger partial charge is 0.289 e. The third-order valence-corrected chi connectivity index (χ3v) is 4.37. The number of hydrogen-bond acceptors (Lipinski definition) is 1. The zero-order chi connectivity index (χ0) is 13.4. The van der Waals surface area contributed by atoms with Crippen LogP contribution in [0.4, 0.5) is 0 Å². The van der Waals surface area contributed by atoms with E-state index < -0.39 is 9.75 Å². The Balaban J connectivity index is 2.35. The van der Waals surface area contributed by atoms with Crippen molar-refractivity contribution < 1.29 is 4.79 Å². The van der Waals surface area contributed by atoms with Crippen molar-refractivity contribution in [2.45, 2.75) is 23.6 Å². The SMILES string of the molecule is CC1(Cl)C=CC(C(=O)c2ccccc2)=CC1(C)Cl. The van der Waals surface area contributed by atoms with Crippen LogP contribution < -0.4 is 0 Å². The molecule has 2 unspecified atom stereocenters. The first-order chi connectivity index (χ1) is 8.33. The molecule has 0 aromatic heterocycles. The van der Waals surface area contributed by atoms with Crippen LogP contribution in [0, 0.1) is 0 Å². The van der Waals surface area contributed by atoms with Crippen molar-refractivity contribution in [3.05, 3.63) is 59.7 Å². The zero-order valence-electron chi connectivity index (χ0n) is 10.3. The summed E-state index contributed by atoms with van der Waals surface area (Å²) < 4.78 is 0. The van der Waals surface area contributed by atoms with Crippen LogP contribution in [-0.2, 0) is 0 Å². The number of alkyl halides is 2. The number of allylic oxidation sites excluding steroid dienone is 4. The first-order valence-corrected chi connectivity index (χ1v) is 6.49. The van der Waals surface area contributed by atoms with Gasteiger partial charge in [-0.2, -0.15) is 0 Å². The van der Waals surface area contributed by atoms with E-state index in [1.807, 2.05) is 32.0 Å². The highest BCUT2D eigenvalue weighted by molar-refractivity contribution is 6.37. The van der Waals surface area contributed by atoms with E-state index >= 15 is 0 Å². The molecule has 0 fully saturated rings. The fraction of sp³-hybridized carbons (Fsp3) is 0.267. The maximum Gasteiger partial charge on any atom is 0.192 e. The van der Waals surface area contributed by atoms with Gasteiger partial charge in [-0.15, -0.1) is 23.2 Å². The molecule has 0 heterocycles. The van der Waals surface area contributed by atoms with E-state index in [9.17, 15) is 4.79 Å². The van der Waals surface area contributed by atoms with Gasteiger partial charge >= 0.3 is 0 Å². The molecule has 1 nitrogen and oxygen atoms in total. The van der Waals surface area contributed by atoms with Crippen molar-refractivity contribution in [2.24, 2.45) is 0 Å². The summed E-state index contributed by atoms with van der Waals surface area (Å²) >= 11 is 12.7. The van der Waals surface area contributed by atoms with Gasteiger partial charge in [0.15, 0.2) is 5.78 Å². The van der Waals surface area contributed by atoms with Gasteiger partial charge in [-0.05, 0) is 13.8 Å². The highest BCUT2D eigenvalue weighted by atomic mass is 35.5. The lowest BCUT2D eigenvalue weighted by molar-refractivity contribution is 0.103. The molecule has 94 valence electrons. The summed E-state index contributed by atoms with van der Waals surface area (Å²) in [4.78, 5) is 10.8. The Hall–Kier alpha value is -1.05. The maximum absolute atomic E-state index is 12.3. The fourth-order valence-corrected chi connectivity index (χ4v) is 2.09. The van der Waals surface area contributed by atoms with Crippen molar-refractivity contribution in [1.82, 2.24) is 0 Å². The van der Waals surface area contributed by atoms with Gasteiger partial charge in [0.1, 0.15) is 0 Å². The van der Waals surface area contributed by atoms with E-state index in [2.05, 4.69) is 0 Å². The highest BCUT2D eigenvalue weighted by Crippen LogP contribution is 2.41. The van der Waals surface area contributed by atoms with Crippen LogP contribution in [0.25, 0.3) is 0 Å². The summed E-state index contributed by atoms with van der Waals surface area (Å²) in [6, 6.07) is 9.13. The Labute approximate surface area is 117 Å². The molecule has 0 amide bonds. The average Bonchev–Trinajstić information content (AvgIpc) is 2.33. The van der Waals surface area contributed by atoms with Crippen LogP contribution in [0.1, 0.15) is 24.2 Å². The molecular weight excluding hydrogens is 267 g/mol. The summed E-state index contributed by atoms with van der Waals surface area (Å²) in [5, 5.41) is 0. The Kier molecular flexibility index (Phi) is 3.39. The van der Waals surface area contributed by atoms with E-state index in [1.54, 1.807) is 30.4 Å². The second kappa shape index (κ2) is 4.56. The molecule has 3 heteroatoms. The van der Waals surface area contributed by atoms with Gasteiger partial charge in [-0.1, -0.05) is 48.6 Å². The molecule has 1 aromatic carbocycles. The van der Waals surface area contributed by atoms with E-state index in [-0.39, 0.29) is 5.78 Å². The molecule has 1 aliphatic rings. The predicted molar refractivity (Wildman–Crippen MR) is 76.5 cm³/mol. The molecule has 0 spiro atoms. The molecule has 0 saturated carbocycles. The quantitative estimate of drug-likeness (QED) is 0.581. The molecule has 18 heavy (non-hydrogen) atoms. The number of carbonyl (C=O) groups is 1. The molecule has 0 aliphatic heterocycles. The highest BCUT2D eigenvalue weighted by Gasteiger charge is 2.41. The Morgan fingerprint density at radius 1 is 1.06 bits per heavy atom. The lowest BCUT2D eigenvalue weighted by Gasteiger charge is -2.35. The minimum absolute atomic E-state index is 0.0362. The van der Waals surface area contributed by atoms with Crippen LogP contribution >= 0.6 is 23.2 Å². The van der Waals surface area contributed by atoms with Crippen LogP contribution in [0.15, 0.2) is 54.1 Å². The van der Waals surface area contributed by atoms with Crippen molar-refractivity contribution in [3.8, 4) is 0 Å². The van der Waals surface area contributed by atoms with Gasteiger partial charge in [0.2, 0.25) is 0 Å². The molecule has 0 N–H and O–H groups in total. The van der Waals surface area contributed by atoms with Crippen molar-refractivity contribution in [1.29, 1.82) is 0 Å². The maximum atomic E-state index is 12.3. The van der Waals surface area contributed by atoms with Crippen molar-refractivity contribution in [3.63, 3.8) is 0 Å². The van der Waals surface area contributed by atoms with E-state index in [0.29, 0.717) is 11.1 Å². The first kappa shape index (κ1) is 13.4. The minimum Gasteiger partial charge on any atom is -0.289 e. The van der Waals surface area contributed by atoms with Gasteiger partial charge in [-0.25, -0.2) is 0 Å². The number of halogens is 2. The van der Waals surface area contributed by atoms with Gasteiger partial charge in [0.05, 0.1) is 9.75 Å². The average molecular weight is 281 g/mol. The third kappa shape index (κ3) is 2.38. The van der Waals surface area contributed by atoms with E-state index in [1.165, 1.54) is 0 Å². The van der Waals surface area contributed by atoms with Gasteiger partial charge < -0.3 is 0 Å². The standard InChI is InChI=1S/C15H14Cl2O/c1-14(16)9-8-12(10-15(14,2)17)13(18)11-6-4-3-5-7-11/h3-10H,1-2H3. The number of ketones is 1. The summed E-state index contributed by atoms with van der Waals surface area (Å²) in [5.74, 6) is -0.0362. The molecule has 0 saturated heterocycles. The van der Waals surface area contributed by atoms with Crippen LogP contribution in [0.2, 0.25) is 0 Å². The van der Waals surface area contributed by atoms with Crippen LogP contribution in [0.5, 0.6) is 0 Å². The van der Waals surface area contributed by atoms with Gasteiger partial charge in [-0.3, -0.25) is 4.79 Å². The van der Waals surface area contributed by atoms with E-state index in [4.69, 9.17) is 23.2 Å². The topological polar surface area (TPSA) is 17.1 Å². The number of benzene rings is 1. The first-order valence-electron chi connectivity index (χ1n) is 5.73. The summed E-state index contributed by atoms with van der Waals surface area (Å²) in [6.45, 7) is 3.64. The summed E-state index contributed by atoms with van der Waals surface area (Å²) in [5.41, 5.74) is 1.23. The number of rotatable bonds is 2. The van der Waals surface area contributed by atoms with Crippen molar-refractivity contribution in [2.75, 3.05) is 0 Å². The number of carbonyl (C=O) groups excluding carboxylic acids is 1. The number of hydrogen-bond donors (Lipinski definition) is 0. The Morgan fingerprint density at radius 2 is 1.67 bits per heavy atom. The number of Topliss-reactive ketones (excluding diaryl/α,β-unsaturated/α-hetero) is 1. The molecule has 0 radical (unpaired) electrons. The second-order valence-electron chi connectivity index (χ2n) is 4.78. The lowest BCUT2D eigenvalue weighted by Crippen LogP contribution is -2.39. The predicted octanol–water partition coefficient (Wildman–Crippen LogP) is 4.36. The van der Waals surface area contributed by atoms with Gasteiger partial charge in [0, 0.05) is 11.1 Å². The fourth-order valence-electron chi connectivity index (χ4n) is 1.79. The molecular formula is C15H14Cl2O.